The van der Waals surface area contributed by atoms with Gasteiger partial charge in [-0.3, -0.25) is 0 Å². The lowest BCUT2D eigenvalue weighted by atomic mass is 10.1. The monoisotopic (exact) mass is 286 g/mol. The predicted molar refractivity (Wildman–Crippen MR) is 66.4 cm³/mol. The van der Waals surface area contributed by atoms with Crippen LogP contribution in [0.3, 0.4) is 0 Å². The molecule has 0 spiro atoms. The Labute approximate surface area is 114 Å². The number of hydrogen-bond acceptors (Lipinski definition) is 5. The summed E-state index contributed by atoms with van der Waals surface area (Å²) in [6, 6.07) is 2.84. The molecule has 2 rings (SSSR count). The van der Waals surface area contributed by atoms with Gasteiger partial charge in [0, 0.05) is 18.1 Å². The normalized spacial score (nSPS) is 15.1. The molecule has 0 radical (unpaired) electrons. The first-order valence-corrected chi connectivity index (χ1v) is 6.22. The second kappa shape index (κ2) is 5.97. The third-order valence-corrected chi connectivity index (χ3v) is 2.74. The van der Waals surface area contributed by atoms with Crippen LogP contribution in [0.15, 0.2) is 22.4 Å². The van der Waals surface area contributed by atoms with Crippen LogP contribution >= 0.6 is 11.6 Å². The van der Waals surface area contributed by atoms with Crippen LogP contribution in [-0.4, -0.2) is 24.7 Å². The molecule has 1 heterocycles. The van der Waals surface area contributed by atoms with E-state index in [0.29, 0.717) is 13.0 Å². The number of ether oxygens (including phenoxy) is 2. The van der Waals surface area contributed by atoms with Gasteiger partial charge in [0.15, 0.2) is 11.6 Å². The molecule has 0 fully saturated rings. The molecule has 0 N–H and O–H groups in total. The van der Waals surface area contributed by atoms with E-state index in [-0.39, 0.29) is 18.0 Å². The van der Waals surface area contributed by atoms with Gasteiger partial charge in [0.2, 0.25) is 5.50 Å². The highest BCUT2D eigenvalue weighted by Crippen LogP contribution is 2.32. The second-order valence-electron chi connectivity index (χ2n) is 3.82. The highest BCUT2D eigenvalue weighted by atomic mass is 35.5. The fraction of sp³-hybridized carbons (Fsp3) is 0.417. The molecule has 0 amide bonds. The lowest BCUT2D eigenvalue weighted by Gasteiger charge is -2.03. The van der Waals surface area contributed by atoms with Crippen LogP contribution in [0.1, 0.15) is 12.5 Å². The van der Waals surface area contributed by atoms with Crippen LogP contribution in [-0.2, 0) is 16.0 Å². The highest BCUT2D eigenvalue weighted by Gasteiger charge is 2.19. The van der Waals surface area contributed by atoms with Gasteiger partial charge in [0.1, 0.15) is 0 Å². The number of fused-ring (bicyclic) bond motifs is 1. The molecule has 0 saturated heterocycles. The van der Waals surface area contributed by atoms with Gasteiger partial charge in [0.05, 0.1) is 18.9 Å². The maximum atomic E-state index is 13.6. The number of carbonyl (C=O) groups excluding carboxylic acids is 1. The summed E-state index contributed by atoms with van der Waals surface area (Å²) < 4.78 is 23.4. The van der Waals surface area contributed by atoms with E-state index in [1.807, 2.05) is 0 Å². The molecule has 0 aromatic heterocycles. The number of halogens is 2. The molecule has 5 nitrogen and oxygen atoms in total. The first-order valence-electron chi connectivity index (χ1n) is 5.78. The van der Waals surface area contributed by atoms with E-state index in [0.717, 1.165) is 5.56 Å². The third kappa shape index (κ3) is 3.20. The Balaban J connectivity index is 2.11. The van der Waals surface area contributed by atoms with E-state index in [2.05, 4.69) is 15.0 Å². The van der Waals surface area contributed by atoms with Crippen molar-refractivity contribution < 1.29 is 18.7 Å². The number of benzene rings is 1. The Morgan fingerprint density at radius 2 is 2.42 bits per heavy atom. The Bertz CT molecular complexity index is 522. The highest BCUT2D eigenvalue weighted by molar-refractivity contribution is 6.29. The average Bonchev–Trinajstić information content (AvgIpc) is 2.85. The number of azo groups is 1. The zero-order valence-corrected chi connectivity index (χ0v) is 11.0. The smallest absolute Gasteiger partial charge is 0.348 e. The zero-order chi connectivity index (χ0) is 13.8. The zero-order valence-electron chi connectivity index (χ0n) is 10.2. The maximum absolute atomic E-state index is 13.6. The molecule has 7 heteroatoms. The minimum Gasteiger partial charge on any atom is -0.490 e. The van der Waals surface area contributed by atoms with Gasteiger partial charge in [-0.1, -0.05) is 11.6 Å². The minimum absolute atomic E-state index is 0.211. The van der Waals surface area contributed by atoms with Crippen LogP contribution in [0.25, 0.3) is 0 Å². The molecule has 1 aliphatic heterocycles. The van der Waals surface area contributed by atoms with E-state index in [1.54, 1.807) is 13.0 Å². The summed E-state index contributed by atoms with van der Waals surface area (Å²) in [6.07, 6.45) is 0.623. The largest absolute Gasteiger partial charge is 0.490 e. The van der Waals surface area contributed by atoms with Gasteiger partial charge in [-0.2, -0.15) is 10.2 Å². The fourth-order valence-corrected chi connectivity index (χ4v) is 1.78. The van der Waals surface area contributed by atoms with Gasteiger partial charge >= 0.3 is 5.97 Å². The van der Waals surface area contributed by atoms with Crippen molar-refractivity contribution in [3.05, 3.63) is 23.5 Å². The van der Waals surface area contributed by atoms with E-state index in [1.165, 1.54) is 6.07 Å². The Hall–Kier alpha value is -1.69. The standard InChI is InChI=1S/C12H12ClFN2O3/c1-2-18-12(17)11(13)16-15-8-5-7-3-4-19-10(7)9(14)6-8/h5-6,11H,2-4H2,1H3. The first kappa shape index (κ1) is 13.7. The number of alkyl halides is 1. The van der Waals surface area contributed by atoms with Crippen LogP contribution in [0.4, 0.5) is 10.1 Å². The van der Waals surface area contributed by atoms with Crippen molar-refractivity contribution in [3.63, 3.8) is 0 Å². The van der Waals surface area contributed by atoms with Crippen molar-refractivity contribution in [2.24, 2.45) is 10.2 Å². The fourth-order valence-electron chi connectivity index (χ4n) is 1.68. The molecule has 1 atom stereocenters. The summed E-state index contributed by atoms with van der Waals surface area (Å²) in [5.74, 6) is -0.921. The SMILES string of the molecule is CCOC(=O)C(Cl)N=Nc1cc(F)c2c(c1)CCO2. The topological polar surface area (TPSA) is 60.2 Å². The molecule has 0 saturated carbocycles. The van der Waals surface area contributed by atoms with Crippen LogP contribution in [0, 0.1) is 5.82 Å². The lowest BCUT2D eigenvalue weighted by molar-refractivity contribution is -0.142. The van der Waals surface area contributed by atoms with Crippen molar-refractivity contribution in [2.45, 2.75) is 18.8 Å². The summed E-state index contributed by atoms with van der Waals surface area (Å²) in [7, 11) is 0. The average molecular weight is 287 g/mol. The van der Waals surface area contributed by atoms with E-state index in [9.17, 15) is 9.18 Å². The second-order valence-corrected chi connectivity index (χ2v) is 4.23. The molecule has 102 valence electrons. The molecule has 1 aromatic carbocycles. The number of esters is 1. The van der Waals surface area contributed by atoms with Crippen LogP contribution < -0.4 is 4.74 Å². The number of carbonyl (C=O) groups is 1. The first-order chi connectivity index (χ1) is 9.11. The summed E-state index contributed by atoms with van der Waals surface area (Å²) >= 11 is 5.66. The number of rotatable bonds is 4. The molecule has 19 heavy (non-hydrogen) atoms. The van der Waals surface area contributed by atoms with Crippen molar-refractivity contribution >= 4 is 23.3 Å². The lowest BCUT2D eigenvalue weighted by Crippen LogP contribution is -2.14. The predicted octanol–water partition coefficient (Wildman–Crippen LogP) is 2.97. The molecule has 1 aromatic rings. The van der Waals surface area contributed by atoms with E-state index >= 15 is 0 Å². The Kier molecular flexibility index (Phi) is 4.31. The molecule has 1 unspecified atom stereocenters. The number of hydrogen-bond donors (Lipinski definition) is 0. The Morgan fingerprint density at radius 3 is 3.16 bits per heavy atom. The quantitative estimate of drug-likeness (QED) is 0.370. The molecule has 0 bridgehead atoms. The van der Waals surface area contributed by atoms with Crippen molar-refractivity contribution in [1.82, 2.24) is 0 Å². The van der Waals surface area contributed by atoms with E-state index < -0.39 is 17.3 Å². The maximum Gasteiger partial charge on any atom is 0.348 e. The van der Waals surface area contributed by atoms with E-state index in [4.69, 9.17) is 16.3 Å². The van der Waals surface area contributed by atoms with Crippen LogP contribution in [0.2, 0.25) is 0 Å². The summed E-state index contributed by atoms with van der Waals surface area (Å²) in [5.41, 5.74) is -0.208. The van der Waals surface area contributed by atoms with Gasteiger partial charge in [0.25, 0.3) is 0 Å². The van der Waals surface area contributed by atoms with Gasteiger partial charge < -0.3 is 9.47 Å². The Morgan fingerprint density at radius 1 is 1.63 bits per heavy atom. The summed E-state index contributed by atoms with van der Waals surface area (Å²) in [5, 5.41) is 7.33. The number of nitrogens with zero attached hydrogens (tertiary/aromatic N) is 2. The van der Waals surface area contributed by atoms with Crippen molar-refractivity contribution in [2.75, 3.05) is 13.2 Å². The summed E-state index contributed by atoms with van der Waals surface area (Å²) in [4.78, 5) is 11.2. The van der Waals surface area contributed by atoms with Gasteiger partial charge in [-0.15, -0.1) is 0 Å². The van der Waals surface area contributed by atoms with Crippen molar-refractivity contribution in [1.29, 1.82) is 0 Å². The third-order valence-electron chi connectivity index (χ3n) is 2.48. The molecule has 1 aliphatic rings. The van der Waals surface area contributed by atoms with Crippen molar-refractivity contribution in [3.8, 4) is 5.75 Å². The molecular weight excluding hydrogens is 275 g/mol. The van der Waals surface area contributed by atoms with Crippen LogP contribution in [0.5, 0.6) is 5.75 Å². The molecule has 0 aliphatic carbocycles. The van der Waals surface area contributed by atoms with Gasteiger partial charge in [-0.05, 0) is 13.0 Å². The van der Waals surface area contributed by atoms with Gasteiger partial charge in [-0.25, -0.2) is 9.18 Å². The molecular formula is C12H12ClFN2O3. The minimum atomic E-state index is -1.23. The summed E-state index contributed by atoms with van der Waals surface area (Å²) in [6.45, 7) is 2.32.